The number of hydrogen-bond donors (Lipinski definition) is 2. The van der Waals surface area contributed by atoms with Gasteiger partial charge in [-0.15, -0.1) is 0 Å². The third kappa shape index (κ3) is 3.02. The number of amides is 1. The number of aromatic amines is 1. The molecule has 21 heavy (non-hydrogen) atoms. The van der Waals surface area contributed by atoms with Gasteiger partial charge in [-0.05, 0) is 24.6 Å². The Morgan fingerprint density at radius 3 is 2.71 bits per heavy atom. The number of H-pyrrole nitrogens is 1. The van der Waals surface area contributed by atoms with Crippen LogP contribution in [0.4, 0.5) is 5.69 Å². The number of aryl methyl sites for hydroxylation is 1. The second kappa shape index (κ2) is 5.28. The van der Waals surface area contributed by atoms with Crippen molar-refractivity contribution < 1.29 is 9.21 Å². The minimum absolute atomic E-state index is 0.115. The quantitative estimate of drug-likeness (QED) is 0.775. The summed E-state index contributed by atoms with van der Waals surface area (Å²) in [5.41, 5.74) is 3.74. The largest absolute Gasteiger partial charge is 0.417 e. The molecule has 0 saturated carbocycles. The van der Waals surface area contributed by atoms with Gasteiger partial charge in [0.15, 0.2) is 5.58 Å². The summed E-state index contributed by atoms with van der Waals surface area (Å²) in [4.78, 5) is 25.6. The fourth-order valence-corrected chi connectivity index (χ4v) is 2.12. The lowest BCUT2D eigenvalue weighted by Crippen LogP contribution is -2.14. The molecule has 3 rings (SSSR count). The highest BCUT2D eigenvalue weighted by Gasteiger charge is 2.06. The van der Waals surface area contributed by atoms with Gasteiger partial charge < -0.3 is 9.73 Å². The predicted molar refractivity (Wildman–Crippen MR) is 80.3 cm³/mol. The summed E-state index contributed by atoms with van der Waals surface area (Å²) in [5, 5.41) is 2.79. The molecule has 0 aliphatic rings. The van der Waals surface area contributed by atoms with Gasteiger partial charge in [0.1, 0.15) is 0 Å². The van der Waals surface area contributed by atoms with E-state index in [0.29, 0.717) is 23.2 Å². The van der Waals surface area contributed by atoms with Crippen LogP contribution in [-0.4, -0.2) is 10.9 Å². The van der Waals surface area contributed by atoms with Crippen LogP contribution in [0.5, 0.6) is 0 Å². The molecule has 1 aromatic heterocycles. The molecule has 0 atom stereocenters. The van der Waals surface area contributed by atoms with E-state index in [9.17, 15) is 9.59 Å². The van der Waals surface area contributed by atoms with Crippen molar-refractivity contribution in [1.29, 1.82) is 0 Å². The molecule has 0 aliphatic carbocycles. The van der Waals surface area contributed by atoms with E-state index in [4.69, 9.17) is 4.42 Å². The van der Waals surface area contributed by atoms with Crippen LogP contribution in [-0.2, 0) is 11.2 Å². The van der Waals surface area contributed by atoms with E-state index in [1.54, 1.807) is 18.2 Å². The van der Waals surface area contributed by atoms with E-state index in [1.165, 1.54) is 0 Å². The molecule has 2 N–H and O–H groups in total. The van der Waals surface area contributed by atoms with E-state index in [1.807, 2.05) is 31.2 Å². The average molecular weight is 282 g/mol. The van der Waals surface area contributed by atoms with E-state index in [0.717, 1.165) is 11.1 Å². The number of oxazole rings is 1. The monoisotopic (exact) mass is 282 g/mol. The van der Waals surface area contributed by atoms with Crippen molar-refractivity contribution in [2.24, 2.45) is 0 Å². The van der Waals surface area contributed by atoms with Crippen LogP contribution in [0.2, 0.25) is 0 Å². The second-order valence-corrected chi connectivity index (χ2v) is 4.94. The van der Waals surface area contributed by atoms with Crippen molar-refractivity contribution in [3.05, 3.63) is 64.1 Å². The van der Waals surface area contributed by atoms with Crippen molar-refractivity contribution in [2.75, 3.05) is 5.32 Å². The molecule has 0 radical (unpaired) electrons. The van der Waals surface area contributed by atoms with E-state index < -0.39 is 5.76 Å². The maximum Gasteiger partial charge on any atom is 0.417 e. The molecule has 5 heteroatoms. The highest BCUT2D eigenvalue weighted by atomic mass is 16.4. The van der Waals surface area contributed by atoms with Crippen LogP contribution in [0.15, 0.2) is 51.7 Å². The SMILES string of the molecule is Cc1ccc(CC(=O)Nc2ccc3[nH]c(=O)oc3c2)cc1. The first-order valence-corrected chi connectivity index (χ1v) is 6.58. The zero-order chi connectivity index (χ0) is 14.8. The number of fused-ring (bicyclic) bond motifs is 1. The first-order valence-electron chi connectivity index (χ1n) is 6.58. The zero-order valence-electron chi connectivity index (χ0n) is 11.5. The summed E-state index contributed by atoms with van der Waals surface area (Å²) in [6.07, 6.45) is 0.301. The fraction of sp³-hybridized carbons (Fsp3) is 0.125. The van der Waals surface area contributed by atoms with Gasteiger partial charge in [0.25, 0.3) is 0 Å². The number of rotatable bonds is 3. The van der Waals surface area contributed by atoms with Gasteiger partial charge in [0.05, 0.1) is 11.9 Å². The Labute approximate surface area is 120 Å². The van der Waals surface area contributed by atoms with Crippen molar-refractivity contribution in [2.45, 2.75) is 13.3 Å². The predicted octanol–water partition coefficient (Wildman–Crippen LogP) is 2.61. The van der Waals surface area contributed by atoms with Crippen LogP contribution < -0.4 is 11.1 Å². The van der Waals surface area contributed by atoms with Crippen molar-refractivity contribution >= 4 is 22.7 Å². The Kier molecular flexibility index (Phi) is 3.31. The molecular weight excluding hydrogens is 268 g/mol. The minimum Gasteiger partial charge on any atom is -0.408 e. The zero-order valence-corrected chi connectivity index (χ0v) is 11.5. The number of carbonyl (C=O) groups excluding carboxylic acids is 1. The topological polar surface area (TPSA) is 75.1 Å². The number of aromatic nitrogens is 1. The third-order valence-electron chi connectivity index (χ3n) is 3.19. The summed E-state index contributed by atoms with van der Waals surface area (Å²) >= 11 is 0. The average Bonchev–Trinajstić information content (AvgIpc) is 2.80. The Balaban J connectivity index is 1.73. The van der Waals surface area contributed by atoms with Crippen LogP contribution in [0.25, 0.3) is 11.1 Å². The van der Waals surface area contributed by atoms with E-state index in [-0.39, 0.29) is 5.91 Å². The number of carbonyl (C=O) groups is 1. The Hall–Kier alpha value is -2.82. The molecule has 5 nitrogen and oxygen atoms in total. The summed E-state index contributed by atoms with van der Waals surface area (Å²) in [5.74, 6) is -0.621. The van der Waals surface area contributed by atoms with Crippen LogP contribution in [0.1, 0.15) is 11.1 Å². The first-order chi connectivity index (χ1) is 10.1. The smallest absolute Gasteiger partial charge is 0.408 e. The summed E-state index contributed by atoms with van der Waals surface area (Å²) in [6, 6.07) is 12.9. The molecule has 0 spiro atoms. The lowest BCUT2D eigenvalue weighted by atomic mass is 10.1. The maximum atomic E-state index is 12.0. The standard InChI is InChI=1S/C16H14N2O3/c1-10-2-4-11(5-3-10)8-15(19)17-12-6-7-13-14(9-12)21-16(20)18-13/h2-7,9H,8H2,1H3,(H,17,19)(H,18,20). The molecule has 0 unspecified atom stereocenters. The number of hydrogen-bond acceptors (Lipinski definition) is 3. The fourth-order valence-electron chi connectivity index (χ4n) is 2.12. The molecule has 1 heterocycles. The van der Waals surface area contributed by atoms with Crippen LogP contribution in [0, 0.1) is 6.92 Å². The van der Waals surface area contributed by atoms with Crippen molar-refractivity contribution in [3.8, 4) is 0 Å². The van der Waals surface area contributed by atoms with Gasteiger partial charge in [0.2, 0.25) is 5.91 Å². The molecule has 0 fully saturated rings. The lowest BCUT2D eigenvalue weighted by Gasteiger charge is -2.05. The molecule has 0 bridgehead atoms. The highest BCUT2D eigenvalue weighted by molar-refractivity contribution is 5.93. The van der Waals surface area contributed by atoms with Gasteiger partial charge in [-0.1, -0.05) is 29.8 Å². The summed E-state index contributed by atoms with van der Waals surface area (Å²) in [7, 11) is 0. The minimum atomic E-state index is -0.506. The van der Waals surface area contributed by atoms with Gasteiger partial charge in [-0.3, -0.25) is 9.78 Å². The molecule has 106 valence electrons. The normalized spacial score (nSPS) is 10.7. The first kappa shape index (κ1) is 13.2. The molecule has 1 amide bonds. The van der Waals surface area contributed by atoms with Gasteiger partial charge in [-0.25, -0.2) is 4.79 Å². The van der Waals surface area contributed by atoms with Crippen LogP contribution >= 0.6 is 0 Å². The Bertz CT molecular complexity index is 844. The Morgan fingerprint density at radius 2 is 1.95 bits per heavy atom. The van der Waals surface area contributed by atoms with Crippen LogP contribution in [0.3, 0.4) is 0 Å². The third-order valence-corrected chi connectivity index (χ3v) is 3.19. The molecular formula is C16H14N2O3. The van der Waals surface area contributed by atoms with Crippen molar-refractivity contribution in [1.82, 2.24) is 4.98 Å². The van der Waals surface area contributed by atoms with Gasteiger partial charge >= 0.3 is 5.76 Å². The second-order valence-electron chi connectivity index (χ2n) is 4.94. The van der Waals surface area contributed by atoms with Crippen molar-refractivity contribution in [3.63, 3.8) is 0 Å². The highest BCUT2D eigenvalue weighted by Crippen LogP contribution is 2.16. The molecule has 0 saturated heterocycles. The number of anilines is 1. The van der Waals surface area contributed by atoms with E-state index in [2.05, 4.69) is 10.3 Å². The van der Waals surface area contributed by atoms with E-state index >= 15 is 0 Å². The number of nitrogens with one attached hydrogen (secondary N) is 2. The number of benzene rings is 2. The summed E-state index contributed by atoms with van der Waals surface area (Å²) < 4.78 is 4.96. The molecule has 0 aliphatic heterocycles. The lowest BCUT2D eigenvalue weighted by molar-refractivity contribution is -0.115. The molecule has 3 aromatic rings. The maximum absolute atomic E-state index is 12.0. The molecule has 2 aromatic carbocycles. The van der Waals surface area contributed by atoms with Gasteiger partial charge in [-0.2, -0.15) is 0 Å². The van der Waals surface area contributed by atoms with Gasteiger partial charge in [0, 0.05) is 11.8 Å². The summed E-state index contributed by atoms with van der Waals surface area (Å²) in [6.45, 7) is 2.00. The Morgan fingerprint density at radius 1 is 1.19 bits per heavy atom.